The highest BCUT2D eigenvalue weighted by atomic mass is 35.5. The zero-order chi connectivity index (χ0) is 73.3. The number of amides is 2. The van der Waals surface area contributed by atoms with Crippen LogP contribution in [0.4, 0.5) is 4.39 Å². The molecule has 17 rings (SSSR count). The second-order valence-corrected chi connectivity index (χ2v) is 24.6. The molecule has 1 N–H and O–H groups in total. The summed E-state index contributed by atoms with van der Waals surface area (Å²) in [4.78, 5) is 40.3. The van der Waals surface area contributed by atoms with Crippen LogP contribution in [0.5, 0.6) is 34.5 Å². The molecular formula is C78H63ClFN17O10. The van der Waals surface area contributed by atoms with Crippen LogP contribution in [-0.2, 0) is 31.1 Å². The van der Waals surface area contributed by atoms with Crippen LogP contribution in [0.25, 0.3) is 83.4 Å². The molecular weight excluding hydrogens is 1390 g/mol. The van der Waals surface area contributed by atoms with Crippen molar-refractivity contribution in [1.82, 2.24) is 84.6 Å². The van der Waals surface area contributed by atoms with Crippen molar-refractivity contribution in [3.05, 3.63) is 258 Å². The minimum Gasteiger partial charge on any atom is -0.497 e. The van der Waals surface area contributed by atoms with Crippen LogP contribution >= 0.6 is 11.6 Å². The summed E-state index contributed by atoms with van der Waals surface area (Å²) in [5.74, 6) is 5.99. The first kappa shape index (κ1) is 69.1. The minimum absolute atomic E-state index is 0.103. The van der Waals surface area contributed by atoms with E-state index in [9.17, 15) is 14.0 Å². The molecule has 107 heavy (non-hydrogen) atoms. The van der Waals surface area contributed by atoms with E-state index in [1.165, 1.54) is 6.07 Å². The number of benzene rings is 6. The number of morpholine rings is 1. The van der Waals surface area contributed by atoms with Gasteiger partial charge in [0.15, 0.2) is 34.4 Å². The van der Waals surface area contributed by atoms with E-state index >= 15 is 0 Å². The second-order valence-electron chi connectivity index (χ2n) is 24.2. The lowest BCUT2D eigenvalue weighted by molar-refractivity contribution is 0.0303. The SMILES string of the molecule is COc1ccc2c(OCc3nnc4ccc(-c5ccc(C(=O)N6CCOCC6)c(Cl)c5)nn34)ccnc2c1.COc1ccc2c(OCc3nnc4ccc(-c5ccc(C(=O)NCc6ccco6)cc5)nn34)ccnc2c1.COc1ccc2c(OCc3nnc4ccc(-c5ccc(F)c(C)c5)nn34)ccnc2c1. The number of carbonyl (C=O) groups is 2. The topological polar surface area (TPSA) is 295 Å². The maximum Gasteiger partial charge on any atom is 0.255 e. The maximum absolute atomic E-state index is 13.6. The summed E-state index contributed by atoms with van der Waals surface area (Å²) in [5.41, 5.74) is 10.2. The standard InChI is InChI=1S/C28H22N6O4.C27H23ClN6O4.C23H18FN5O2/c1-36-20-8-9-22-24(15-20)29-13-12-25(22)38-17-27-32-31-26-11-10-23(33-34(26)27)18-4-6-19(7-5-18)28(35)30-16-21-3-2-14-37-21;1-36-18-3-5-20-23(15-18)29-9-8-24(20)38-16-26-31-30-25-7-6-22(32-34(25)26)17-2-4-19(21(28)14-17)27(35)33-10-12-37-13-11-33;1-14-11-15(3-6-18(14)24)19-7-8-22-26-27-23(29(22)28-19)13-31-21-9-10-25-20-12-16(30-2)4-5-17(20)21/h2-15H,16-17H2,1H3,(H,30,35);2-9,14-15H,10-13,16H2,1H3;3-12H,13H2,1-2H3. The molecule has 0 atom stereocenters. The number of hydrogen-bond acceptors (Lipinski definition) is 22. The average Bonchev–Trinajstić information content (AvgIpc) is 1.72. The van der Waals surface area contributed by atoms with Crippen molar-refractivity contribution in [2.45, 2.75) is 33.3 Å². The van der Waals surface area contributed by atoms with E-state index in [4.69, 9.17) is 59.4 Å². The molecule has 0 bridgehead atoms. The minimum atomic E-state index is -0.245. The monoisotopic (exact) mass is 1450 g/mol. The molecule has 11 heterocycles. The molecule has 1 fully saturated rings. The van der Waals surface area contributed by atoms with Crippen molar-refractivity contribution in [2.24, 2.45) is 0 Å². The molecule has 1 aliphatic rings. The van der Waals surface area contributed by atoms with Gasteiger partial charge < -0.3 is 47.8 Å². The Hall–Kier alpha value is -13.6. The van der Waals surface area contributed by atoms with E-state index in [0.29, 0.717) is 129 Å². The van der Waals surface area contributed by atoms with E-state index in [1.54, 1.807) is 126 Å². The number of furan rings is 1. The van der Waals surface area contributed by atoms with E-state index in [1.807, 2.05) is 121 Å². The molecule has 29 heteroatoms. The summed E-state index contributed by atoms with van der Waals surface area (Å²) in [6.45, 7) is 4.70. The summed E-state index contributed by atoms with van der Waals surface area (Å²) in [6, 6.07) is 54.4. The quantitative estimate of drug-likeness (QED) is 0.0786. The molecule has 0 aliphatic carbocycles. The van der Waals surface area contributed by atoms with Crippen LogP contribution in [0, 0.1) is 12.7 Å². The van der Waals surface area contributed by atoms with Gasteiger partial charge in [-0.05, 0) is 158 Å². The van der Waals surface area contributed by atoms with E-state index in [0.717, 1.165) is 66.6 Å². The van der Waals surface area contributed by atoms with Gasteiger partial charge in [0, 0.05) is 88.3 Å². The van der Waals surface area contributed by atoms with Crippen LogP contribution in [0.1, 0.15) is 49.5 Å². The van der Waals surface area contributed by atoms with E-state index < -0.39 is 0 Å². The van der Waals surface area contributed by atoms with E-state index in [-0.39, 0.29) is 37.5 Å². The fourth-order valence-electron chi connectivity index (χ4n) is 11.8. The molecule has 0 saturated carbocycles. The lowest BCUT2D eigenvalue weighted by Gasteiger charge is -2.27. The van der Waals surface area contributed by atoms with E-state index in [2.05, 4.69) is 56.0 Å². The zero-order valence-electron chi connectivity index (χ0n) is 57.8. The molecule has 2 amide bonds. The highest BCUT2D eigenvalue weighted by Crippen LogP contribution is 2.33. The third kappa shape index (κ3) is 15.3. The van der Waals surface area contributed by atoms with Gasteiger partial charge in [-0.3, -0.25) is 24.5 Å². The number of ether oxygens (including phenoxy) is 7. The Bertz CT molecular complexity index is 5940. The Morgan fingerprint density at radius 1 is 0.505 bits per heavy atom. The lowest BCUT2D eigenvalue weighted by Crippen LogP contribution is -2.40. The van der Waals surface area contributed by atoms with Gasteiger partial charge in [-0.1, -0.05) is 29.8 Å². The van der Waals surface area contributed by atoms with Crippen LogP contribution < -0.4 is 33.7 Å². The van der Waals surface area contributed by atoms with Gasteiger partial charge in [0.1, 0.15) is 65.9 Å². The summed E-state index contributed by atoms with van der Waals surface area (Å²) < 4.78 is 63.2. The first-order valence-corrected chi connectivity index (χ1v) is 33.9. The number of hydrogen-bond donors (Lipinski definition) is 1. The number of nitrogens with one attached hydrogen (secondary N) is 1. The first-order chi connectivity index (χ1) is 52.4. The Balaban J connectivity index is 0.000000129. The Morgan fingerprint density at radius 2 is 0.953 bits per heavy atom. The van der Waals surface area contributed by atoms with Crippen LogP contribution in [0.3, 0.4) is 0 Å². The smallest absolute Gasteiger partial charge is 0.255 e. The van der Waals surface area contributed by atoms with Gasteiger partial charge in [0.2, 0.25) is 0 Å². The molecule has 0 radical (unpaired) electrons. The van der Waals surface area contributed by atoms with Crippen molar-refractivity contribution < 1.29 is 51.6 Å². The fraction of sp³-hybridized carbons (Fsp3) is 0.154. The van der Waals surface area contributed by atoms with Gasteiger partial charge in [0.05, 0.1) is 91.6 Å². The van der Waals surface area contributed by atoms with Crippen LogP contribution in [0.2, 0.25) is 5.02 Å². The predicted octanol–water partition coefficient (Wildman–Crippen LogP) is 12.9. The number of carbonyl (C=O) groups excluding carboxylic acids is 2. The Morgan fingerprint density at radius 3 is 1.39 bits per heavy atom. The van der Waals surface area contributed by atoms with Crippen molar-refractivity contribution in [2.75, 3.05) is 47.6 Å². The van der Waals surface area contributed by atoms with Crippen molar-refractivity contribution >= 4 is 73.1 Å². The molecule has 1 saturated heterocycles. The number of pyridine rings is 3. The third-order valence-electron chi connectivity index (χ3n) is 17.5. The van der Waals surface area contributed by atoms with Crippen LogP contribution in [0.15, 0.2) is 211 Å². The first-order valence-electron chi connectivity index (χ1n) is 33.6. The lowest BCUT2D eigenvalue weighted by atomic mass is 10.1. The molecule has 6 aromatic carbocycles. The third-order valence-corrected chi connectivity index (χ3v) is 17.8. The summed E-state index contributed by atoms with van der Waals surface area (Å²) in [5, 5.41) is 45.2. The molecule has 0 unspecified atom stereocenters. The molecule has 0 spiro atoms. The number of halogens is 2. The number of rotatable bonds is 19. The number of methoxy groups -OCH3 is 3. The molecule has 1 aliphatic heterocycles. The van der Waals surface area contributed by atoms with Crippen molar-refractivity contribution in [1.29, 1.82) is 0 Å². The normalized spacial score (nSPS) is 12.0. The largest absolute Gasteiger partial charge is 0.497 e. The maximum atomic E-state index is 13.6. The summed E-state index contributed by atoms with van der Waals surface area (Å²) in [7, 11) is 4.85. The van der Waals surface area contributed by atoms with Gasteiger partial charge in [-0.25, -0.2) is 4.39 Å². The van der Waals surface area contributed by atoms with Crippen molar-refractivity contribution in [3.8, 4) is 68.3 Å². The van der Waals surface area contributed by atoms with Gasteiger partial charge >= 0.3 is 0 Å². The number of aromatic nitrogens is 15. The van der Waals surface area contributed by atoms with Gasteiger partial charge in [-0.15, -0.1) is 30.6 Å². The number of fused-ring (bicyclic) bond motifs is 6. The fourth-order valence-corrected chi connectivity index (χ4v) is 12.0. The molecule has 16 aromatic rings. The highest BCUT2D eigenvalue weighted by Gasteiger charge is 2.23. The van der Waals surface area contributed by atoms with Crippen molar-refractivity contribution in [3.63, 3.8) is 0 Å². The Labute approximate surface area is 613 Å². The predicted molar refractivity (Wildman–Crippen MR) is 393 cm³/mol. The number of nitrogens with zero attached hydrogens (tertiary/aromatic N) is 16. The highest BCUT2D eigenvalue weighted by molar-refractivity contribution is 6.34. The number of aryl methyl sites for hydroxylation is 1. The molecule has 27 nitrogen and oxygen atoms in total. The van der Waals surface area contributed by atoms with Crippen LogP contribution in [-0.4, -0.2) is 139 Å². The molecule has 10 aromatic heterocycles. The van der Waals surface area contributed by atoms with Gasteiger partial charge in [0.25, 0.3) is 11.8 Å². The Kier molecular flexibility index (Phi) is 20.1. The zero-order valence-corrected chi connectivity index (χ0v) is 58.5. The second kappa shape index (κ2) is 31.2. The average molecular weight is 1450 g/mol. The van der Waals surface area contributed by atoms with Gasteiger partial charge in [-0.2, -0.15) is 28.8 Å². The summed E-state index contributed by atoms with van der Waals surface area (Å²) >= 11 is 6.54. The summed E-state index contributed by atoms with van der Waals surface area (Å²) in [6.07, 6.45) is 6.64. The molecule has 534 valence electrons.